The molecule has 170 valence electrons. The van der Waals surface area contributed by atoms with Crippen molar-refractivity contribution in [3.05, 3.63) is 65.7 Å². The molecule has 1 amide bonds. The van der Waals surface area contributed by atoms with E-state index >= 15 is 0 Å². The quantitative estimate of drug-likeness (QED) is 0.642. The number of carbonyl (C=O) groups excluding carboxylic acids is 1. The Morgan fingerprint density at radius 3 is 2.72 bits per heavy atom. The topological polar surface area (TPSA) is 90.9 Å². The maximum absolute atomic E-state index is 13.1. The predicted molar refractivity (Wildman–Crippen MR) is 125 cm³/mol. The molecule has 2 aliphatic rings. The van der Waals surface area contributed by atoms with Crippen LogP contribution < -0.4 is 10.0 Å². The number of benzene rings is 2. The van der Waals surface area contributed by atoms with Crippen molar-refractivity contribution in [2.45, 2.75) is 56.1 Å². The summed E-state index contributed by atoms with van der Waals surface area (Å²) in [5.74, 6) is 0.120. The average Bonchev–Trinajstić information content (AvgIpc) is 3.33. The van der Waals surface area contributed by atoms with Gasteiger partial charge in [0.15, 0.2) is 0 Å². The first kappa shape index (κ1) is 22.5. The molecule has 2 unspecified atom stereocenters. The molecule has 1 fully saturated rings. The van der Waals surface area contributed by atoms with E-state index in [1.165, 1.54) is 5.56 Å². The van der Waals surface area contributed by atoms with Crippen LogP contribution in [0.5, 0.6) is 0 Å². The Bertz CT molecular complexity index is 1090. The molecular formula is C24H30N4O3S. The van der Waals surface area contributed by atoms with Crippen LogP contribution in [0, 0.1) is 0 Å². The van der Waals surface area contributed by atoms with Crippen molar-refractivity contribution in [1.82, 2.24) is 14.9 Å². The van der Waals surface area contributed by atoms with Gasteiger partial charge in [-0.1, -0.05) is 62.2 Å². The molecule has 0 radical (unpaired) electrons. The van der Waals surface area contributed by atoms with Gasteiger partial charge in [0.05, 0.1) is 4.90 Å². The van der Waals surface area contributed by atoms with Crippen molar-refractivity contribution in [1.29, 1.82) is 0 Å². The van der Waals surface area contributed by atoms with E-state index in [0.717, 1.165) is 38.9 Å². The van der Waals surface area contributed by atoms with Gasteiger partial charge < -0.3 is 5.32 Å². The monoisotopic (exact) mass is 454 g/mol. The number of rotatable bonds is 8. The van der Waals surface area contributed by atoms with Crippen LogP contribution in [-0.2, 0) is 21.4 Å². The number of nitrogens with zero attached hydrogens (tertiary/aromatic N) is 2. The molecule has 0 aliphatic carbocycles. The Labute approximate surface area is 190 Å². The molecule has 7 nitrogen and oxygen atoms in total. The van der Waals surface area contributed by atoms with Crippen LogP contribution in [-0.4, -0.2) is 50.2 Å². The molecule has 8 heteroatoms. The minimum absolute atomic E-state index is 0.0723. The summed E-state index contributed by atoms with van der Waals surface area (Å²) in [5.41, 5.74) is 1.79. The summed E-state index contributed by atoms with van der Waals surface area (Å²) < 4.78 is 27.3. The van der Waals surface area contributed by atoms with Gasteiger partial charge in [-0.05, 0) is 30.5 Å². The number of carbonyl (C=O) groups is 1. The Balaban J connectivity index is 1.44. The summed E-state index contributed by atoms with van der Waals surface area (Å²) in [6.45, 7) is 4.66. The van der Waals surface area contributed by atoms with Crippen LogP contribution in [0.25, 0.3) is 0 Å². The predicted octanol–water partition coefficient (Wildman–Crippen LogP) is 2.67. The number of likely N-dealkylation sites (tertiary alicyclic amines) is 1. The lowest BCUT2D eigenvalue weighted by Crippen LogP contribution is -2.43. The molecule has 2 heterocycles. The van der Waals surface area contributed by atoms with E-state index in [2.05, 4.69) is 39.0 Å². The molecule has 2 N–H and O–H groups in total. The summed E-state index contributed by atoms with van der Waals surface area (Å²) in [7, 11) is -3.63. The number of fused-ring (bicyclic) bond motifs is 1. The van der Waals surface area contributed by atoms with Crippen LogP contribution >= 0.6 is 0 Å². The molecule has 4 rings (SSSR count). The highest BCUT2D eigenvalue weighted by Crippen LogP contribution is 2.23. The second-order valence-electron chi connectivity index (χ2n) is 8.45. The lowest BCUT2D eigenvalue weighted by molar-refractivity contribution is -0.123. The third kappa shape index (κ3) is 5.19. The van der Waals surface area contributed by atoms with E-state index in [4.69, 9.17) is 0 Å². The van der Waals surface area contributed by atoms with Gasteiger partial charge in [0.25, 0.3) is 10.0 Å². The first-order valence-electron chi connectivity index (χ1n) is 11.2. The second kappa shape index (κ2) is 9.83. The van der Waals surface area contributed by atoms with Crippen LogP contribution in [0.2, 0.25) is 0 Å². The zero-order valence-corrected chi connectivity index (χ0v) is 19.1. The average molecular weight is 455 g/mol. The summed E-state index contributed by atoms with van der Waals surface area (Å²) >= 11 is 0. The van der Waals surface area contributed by atoms with E-state index < -0.39 is 16.1 Å². The molecule has 1 saturated heterocycles. The first-order chi connectivity index (χ1) is 15.5. The van der Waals surface area contributed by atoms with E-state index in [-0.39, 0.29) is 22.7 Å². The fourth-order valence-electron chi connectivity index (χ4n) is 4.27. The third-order valence-corrected chi connectivity index (χ3v) is 7.35. The van der Waals surface area contributed by atoms with Crippen LogP contribution in [0.3, 0.4) is 0 Å². The largest absolute Gasteiger partial charge is 0.350 e. The van der Waals surface area contributed by atoms with Gasteiger partial charge >= 0.3 is 0 Å². The maximum atomic E-state index is 13.1. The van der Waals surface area contributed by atoms with Crippen molar-refractivity contribution in [2.75, 3.05) is 13.1 Å². The zero-order chi connectivity index (χ0) is 22.6. The van der Waals surface area contributed by atoms with Crippen LogP contribution in [0.4, 0.5) is 0 Å². The second-order valence-corrected chi connectivity index (χ2v) is 10.1. The number of amidine groups is 1. The fourth-order valence-corrected chi connectivity index (χ4v) is 5.51. The van der Waals surface area contributed by atoms with Crippen molar-refractivity contribution < 1.29 is 13.2 Å². The lowest BCUT2D eigenvalue weighted by Gasteiger charge is -2.19. The number of hydrogen-bond donors (Lipinski definition) is 2. The smallest absolute Gasteiger partial charge is 0.263 e. The number of nitrogens with one attached hydrogen (secondary N) is 2. The van der Waals surface area contributed by atoms with Gasteiger partial charge in [0.1, 0.15) is 11.9 Å². The normalized spacial score (nSPS) is 21.8. The number of hydrogen-bond acceptors (Lipinski definition) is 5. The summed E-state index contributed by atoms with van der Waals surface area (Å²) in [6, 6.07) is 16.5. The highest BCUT2D eigenvalue weighted by molar-refractivity contribution is 7.90. The lowest BCUT2D eigenvalue weighted by atomic mass is 10.1. The van der Waals surface area contributed by atoms with Gasteiger partial charge in [0, 0.05) is 31.2 Å². The number of amides is 1. The van der Waals surface area contributed by atoms with E-state index in [0.29, 0.717) is 12.0 Å². The molecule has 0 bridgehead atoms. The van der Waals surface area contributed by atoms with E-state index in [9.17, 15) is 13.2 Å². The molecule has 0 saturated carbocycles. The molecule has 0 spiro atoms. The highest BCUT2D eigenvalue weighted by Gasteiger charge is 2.32. The van der Waals surface area contributed by atoms with Gasteiger partial charge in [-0.25, -0.2) is 8.42 Å². The Kier molecular flexibility index (Phi) is 6.91. The van der Waals surface area contributed by atoms with Gasteiger partial charge in [0.2, 0.25) is 5.91 Å². The summed E-state index contributed by atoms with van der Waals surface area (Å²) in [4.78, 5) is 20.2. The zero-order valence-electron chi connectivity index (χ0n) is 18.3. The maximum Gasteiger partial charge on any atom is 0.263 e. The highest BCUT2D eigenvalue weighted by atomic mass is 32.2. The third-order valence-electron chi connectivity index (χ3n) is 5.95. The molecule has 0 aromatic heterocycles. The molecule has 2 aromatic rings. The fraction of sp³-hybridized carbons (Fsp3) is 0.417. The standard InChI is InChI=1S/C24H30N4O3S/c1-2-3-12-21(26-23-20-11-7-8-13-22(20)32(30,31)27-23)24(29)25-19-14-15-28(17-19)16-18-9-5-4-6-10-18/h4-11,13,19,21H,2-3,12,14-17H2,1H3,(H,25,29)(H,26,27). The van der Waals surface area contributed by atoms with Crippen molar-refractivity contribution >= 4 is 21.8 Å². The van der Waals surface area contributed by atoms with Crippen molar-refractivity contribution in [3.8, 4) is 0 Å². The molecule has 2 aliphatic heterocycles. The Morgan fingerprint density at radius 1 is 1.19 bits per heavy atom. The molecular weight excluding hydrogens is 424 g/mol. The van der Waals surface area contributed by atoms with Crippen molar-refractivity contribution in [2.24, 2.45) is 4.99 Å². The molecule has 32 heavy (non-hydrogen) atoms. The minimum atomic E-state index is -3.63. The van der Waals surface area contributed by atoms with Crippen LogP contribution in [0.15, 0.2) is 64.5 Å². The number of sulfonamides is 1. The minimum Gasteiger partial charge on any atom is -0.350 e. The van der Waals surface area contributed by atoms with E-state index in [1.807, 2.05) is 18.2 Å². The molecule has 2 atom stereocenters. The Hall–Kier alpha value is -2.71. The van der Waals surface area contributed by atoms with Crippen LogP contribution in [0.1, 0.15) is 43.7 Å². The Morgan fingerprint density at radius 2 is 1.94 bits per heavy atom. The number of aliphatic imine (C=N–C) groups is 1. The van der Waals surface area contributed by atoms with Gasteiger partial charge in [-0.2, -0.15) is 0 Å². The first-order valence-corrected chi connectivity index (χ1v) is 12.7. The number of unbranched alkanes of at least 4 members (excludes halogenated alkanes) is 1. The van der Waals surface area contributed by atoms with Gasteiger partial charge in [-0.15, -0.1) is 0 Å². The molecule has 2 aromatic carbocycles. The summed E-state index contributed by atoms with van der Waals surface area (Å²) in [6.07, 6.45) is 3.25. The summed E-state index contributed by atoms with van der Waals surface area (Å²) in [5, 5.41) is 3.16. The van der Waals surface area contributed by atoms with E-state index in [1.54, 1.807) is 24.3 Å². The van der Waals surface area contributed by atoms with Gasteiger partial charge in [-0.3, -0.25) is 19.4 Å². The SMILES string of the molecule is CCCCC(N=C1NS(=O)(=O)c2ccccc21)C(=O)NC1CCN(Cc2ccccc2)C1. The van der Waals surface area contributed by atoms with Crippen molar-refractivity contribution in [3.63, 3.8) is 0 Å².